The lowest BCUT2D eigenvalue weighted by molar-refractivity contribution is 0.0893. The molecular weight excluding hydrogens is 452 g/mol. The van der Waals surface area contributed by atoms with Gasteiger partial charge in [0.15, 0.2) is 0 Å². The molecule has 1 aliphatic rings. The largest absolute Gasteiger partial charge is 0.398 e. The van der Waals surface area contributed by atoms with Crippen LogP contribution < -0.4 is 10.6 Å². The smallest absolute Gasteiger partial charge is 0.265 e. The van der Waals surface area contributed by atoms with Crippen LogP contribution >= 0.6 is 15.9 Å². The number of anilines is 2. The lowest BCUT2D eigenvalue weighted by Crippen LogP contribution is -2.41. The first-order chi connectivity index (χ1) is 14.3. The molecular formula is C26H27BrN2O2. The minimum absolute atomic E-state index is 0.130. The Morgan fingerprint density at radius 2 is 1.23 bits per heavy atom. The van der Waals surface area contributed by atoms with Crippen LogP contribution in [0.3, 0.4) is 0 Å². The van der Waals surface area contributed by atoms with Crippen LogP contribution in [0.5, 0.6) is 0 Å². The molecule has 2 N–H and O–H groups in total. The van der Waals surface area contributed by atoms with E-state index >= 15 is 0 Å². The molecule has 0 spiro atoms. The van der Waals surface area contributed by atoms with E-state index < -0.39 is 0 Å². The van der Waals surface area contributed by atoms with E-state index in [0.29, 0.717) is 33.3 Å². The molecule has 31 heavy (non-hydrogen) atoms. The summed E-state index contributed by atoms with van der Waals surface area (Å²) in [6.45, 7) is 12.8. The first-order valence-electron chi connectivity index (χ1n) is 10.4. The third-order valence-corrected chi connectivity index (χ3v) is 6.58. The number of halogens is 1. The molecule has 0 aromatic heterocycles. The normalized spacial score (nSPS) is 14.5. The second-order valence-electron chi connectivity index (χ2n) is 10.3. The highest BCUT2D eigenvalue weighted by Crippen LogP contribution is 2.40. The Hall–Kier alpha value is -2.66. The molecule has 0 bridgehead atoms. The molecule has 0 radical (unpaired) electrons. The van der Waals surface area contributed by atoms with Gasteiger partial charge in [-0.3, -0.25) is 9.59 Å². The van der Waals surface area contributed by atoms with Crippen molar-refractivity contribution in [3.8, 4) is 0 Å². The first kappa shape index (κ1) is 21.6. The van der Waals surface area contributed by atoms with Gasteiger partial charge in [0.05, 0.1) is 5.69 Å². The van der Waals surface area contributed by atoms with Gasteiger partial charge >= 0.3 is 0 Å². The molecule has 0 saturated heterocycles. The minimum Gasteiger partial charge on any atom is -0.398 e. The summed E-state index contributed by atoms with van der Waals surface area (Å²) in [5.74, 6) is -0.655. The van der Waals surface area contributed by atoms with E-state index in [1.165, 1.54) is 4.90 Å². The van der Waals surface area contributed by atoms with Crippen molar-refractivity contribution in [3.05, 3.63) is 69.2 Å². The zero-order chi connectivity index (χ0) is 22.9. The monoisotopic (exact) mass is 478 g/mol. The second-order valence-corrected chi connectivity index (χ2v) is 11.1. The SMILES string of the molecule is CC(C)(C)c1cc(N2C(=O)c3ccc(N)c4c(Br)ccc(c34)C2=O)cc(C(C)(C)C)c1. The van der Waals surface area contributed by atoms with Crippen molar-refractivity contribution in [2.75, 3.05) is 10.6 Å². The minimum atomic E-state index is -0.327. The number of rotatable bonds is 1. The fourth-order valence-corrected chi connectivity index (χ4v) is 4.57. The summed E-state index contributed by atoms with van der Waals surface area (Å²) in [7, 11) is 0. The van der Waals surface area contributed by atoms with Crippen molar-refractivity contribution in [2.45, 2.75) is 52.4 Å². The Balaban J connectivity index is 1.99. The molecule has 0 saturated carbocycles. The Labute approximate surface area is 191 Å². The molecule has 0 aliphatic carbocycles. The maximum absolute atomic E-state index is 13.6. The van der Waals surface area contributed by atoms with E-state index in [9.17, 15) is 9.59 Å². The molecule has 1 heterocycles. The predicted octanol–water partition coefficient (Wildman–Crippen LogP) is 6.58. The van der Waals surface area contributed by atoms with Crippen LogP contribution in [0.4, 0.5) is 11.4 Å². The molecule has 4 rings (SSSR count). The molecule has 1 aliphatic heterocycles. The van der Waals surface area contributed by atoms with Crippen LogP contribution in [0.2, 0.25) is 0 Å². The summed E-state index contributed by atoms with van der Waals surface area (Å²) >= 11 is 3.52. The van der Waals surface area contributed by atoms with E-state index in [0.717, 1.165) is 15.6 Å². The number of carbonyl (C=O) groups is 2. The van der Waals surface area contributed by atoms with Gasteiger partial charge in [0.25, 0.3) is 11.8 Å². The van der Waals surface area contributed by atoms with Crippen LogP contribution in [-0.2, 0) is 10.8 Å². The van der Waals surface area contributed by atoms with Crippen molar-refractivity contribution < 1.29 is 9.59 Å². The Morgan fingerprint density at radius 3 is 1.71 bits per heavy atom. The van der Waals surface area contributed by atoms with Gasteiger partial charge in [-0.1, -0.05) is 63.5 Å². The molecule has 160 valence electrons. The zero-order valence-corrected chi connectivity index (χ0v) is 20.3. The maximum atomic E-state index is 13.6. The predicted molar refractivity (Wildman–Crippen MR) is 131 cm³/mol. The van der Waals surface area contributed by atoms with Crippen molar-refractivity contribution >= 4 is 49.9 Å². The van der Waals surface area contributed by atoms with Gasteiger partial charge in [0.1, 0.15) is 0 Å². The number of imide groups is 1. The topological polar surface area (TPSA) is 63.4 Å². The Bertz CT molecular complexity index is 1170. The fourth-order valence-electron chi connectivity index (χ4n) is 4.01. The third-order valence-electron chi connectivity index (χ3n) is 5.92. The number of amides is 2. The summed E-state index contributed by atoms with van der Waals surface area (Å²) in [5, 5.41) is 1.32. The highest BCUT2D eigenvalue weighted by Gasteiger charge is 2.36. The average Bonchev–Trinajstić information content (AvgIpc) is 2.66. The zero-order valence-electron chi connectivity index (χ0n) is 18.8. The van der Waals surface area contributed by atoms with Gasteiger partial charge in [0.2, 0.25) is 0 Å². The molecule has 0 fully saturated rings. The second kappa shape index (κ2) is 6.92. The van der Waals surface area contributed by atoms with Gasteiger partial charge in [-0.25, -0.2) is 4.90 Å². The van der Waals surface area contributed by atoms with E-state index in [1.807, 2.05) is 18.2 Å². The Morgan fingerprint density at radius 1 is 0.742 bits per heavy atom. The van der Waals surface area contributed by atoms with Crippen molar-refractivity contribution in [2.24, 2.45) is 0 Å². The summed E-state index contributed by atoms with van der Waals surface area (Å²) in [6.07, 6.45) is 0. The molecule has 4 nitrogen and oxygen atoms in total. The standard InChI is InChI=1S/C26H27BrN2O2/c1-25(2,3)14-11-15(26(4,5)6)13-16(12-14)29-23(30)17-7-9-19(27)22-20(28)10-8-18(21(17)22)24(29)31/h7-13H,28H2,1-6H3. The van der Waals surface area contributed by atoms with Crippen molar-refractivity contribution in [1.29, 1.82) is 0 Å². The quantitative estimate of drug-likeness (QED) is 0.317. The van der Waals surface area contributed by atoms with Gasteiger partial charge in [-0.05, 0) is 58.4 Å². The lowest BCUT2D eigenvalue weighted by atomic mass is 9.80. The van der Waals surface area contributed by atoms with Crippen molar-refractivity contribution in [1.82, 2.24) is 0 Å². The first-order valence-corrected chi connectivity index (χ1v) is 11.2. The highest BCUT2D eigenvalue weighted by atomic mass is 79.9. The molecule has 3 aromatic rings. The maximum Gasteiger partial charge on any atom is 0.265 e. The van der Waals surface area contributed by atoms with Gasteiger partial charge in [0, 0.05) is 32.1 Å². The van der Waals surface area contributed by atoms with E-state index in [1.54, 1.807) is 18.2 Å². The third kappa shape index (κ3) is 3.45. The van der Waals surface area contributed by atoms with Gasteiger partial charge in [-0.15, -0.1) is 0 Å². The number of nitrogens with two attached hydrogens (primary N) is 1. The average molecular weight is 479 g/mol. The van der Waals surface area contributed by atoms with E-state index in [4.69, 9.17) is 5.73 Å². The Kier molecular flexibility index (Phi) is 4.82. The van der Waals surface area contributed by atoms with Crippen molar-refractivity contribution in [3.63, 3.8) is 0 Å². The molecule has 5 heteroatoms. The summed E-state index contributed by atoms with van der Waals surface area (Å²) in [4.78, 5) is 28.5. The lowest BCUT2D eigenvalue weighted by Gasteiger charge is -2.31. The van der Waals surface area contributed by atoms with Crippen LogP contribution in [0.25, 0.3) is 10.8 Å². The number of hydrogen-bond donors (Lipinski definition) is 1. The van der Waals surface area contributed by atoms with E-state index in [2.05, 4.69) is 63.5 Å². The summed E-state index contributed by atoms with van der Waals surface area (Å²) in [5.41, 5.74) is 10.2. The number of nitrogen functional groups attached to an aromatic ring is 1. The molecule has 0 atom stereocenters. The van der Waals surface area contributed by atoms with Gasteiger partial charge in [-0.2, -0.15) is 0 Å². The molecule has 2 amide bonds. The molecule has 0 unspecified atom stereocenters. The van der Waals surface area contributed by atoms with Crippen LogP contribution in [0, 0.1) is 0 Å². The highest BCUT2D eigenvalue weighted by molar-refractivity contribution is 9.10. The van der Waals surface area contributed by atoms with Crippen LogP contribution in [0.1, 0.15) is 73.4 Å². The van der Waals surface area contributed by atoms with Crippen LogP contribution in [0.15, 0.2) is 46.9 Å². The summed E-state index contributed by atoms with van der Waals surface area (Å²) < 4.78 is 0.768. The van der Waals surface area contributed by atoms with E-state index in [-0.39, 0.29) is 22.6 Å². The van der Waals surface area contributed by atoms with Crippen LogP contribution in [-0.4, -0.2) is 11.8 Å². The number of carbonyl (C=O) groups excluding carboxylic acids is 2. The number of nitrogens with zero attached hydrogens (tertiary/aromatic N) is 1. The number of benzene rings is 3. The molecule has 3 aromatic carbocycles. The fraction of sp³-hybridized carbons (Fsp3) is 0.308. The summed E-state index contributed by atoms with van der Waals surface area (Å²) in [6, 6.07) is 13.1. The van der Waals surface area contributed by atoms with Gasteiger partial charge < -0.3 is 5.73 Å². The number of hydrogen-bond acceptors (Lipinski definition) is 3.